The average molecular weight is 222 g/mol. The third-order valence-electron chi connectivity index (χ3n) is 1.33. The first-order valence-corrected chi connectivity index (χ1v) is 4.62. The molecule has 13 heavy (non-hydrogen) atoms. The molecule has 7 heteroatoms. The van der Waals surface area contributed by atoms with Crippen LogP contribution in [0.2, 0.25) is 4.34 Å². The number of aromatic nitrogens is 2. The second kappa shape index (κ2) is 4.50. The van der Waals surface area contributed by atoms with E-state index in [-0.39, 0.29) is 6.54 Å². The number of halogens is 1. The van der Waals surface area contributed by atoms with Crippen molar-refractivity contribution in [1.82, 2.24) is 14.5 Å². The summed E-state index contributed by atoms with van der Waals surface area (Å²) in [6.07, 6.45) is 0. The van der Waals surface area contributed by atoms with Gasteiger partial charge in [0.1, 0.15) is 10.0 Å². The molecule has 1 aromatic heterocycles. The molecule has 1 N–H and O–H groups in total. The first-order valence-electron chi connectivity index (χ1n) is 3.46. The number of carboxylic acids is 1. The molecule has 0 saturated carbocycles. The van der Waals surface area contributed by atoms with Crippen molar-refractivity contribution in [3.63, 3.8) is 0 Å². The molecular weight excluding hydrogens is 214 g/mol. The SMILES string of the molecule is CN(CC(=O)O)Cc1nnsc1Cl. The zero-order chi connectivity index (χ0) is 9.84. The number of carbonyl (C=O) groups is 1. The van der Waals surface area contributed by atoms with Crippen LogP contribution in [-0.2, 0) is 11.3 Å². The Morgan fingerprint density at radius 2 is 2.46 bits per heavy atom. The lowest BCUT2D eigenvalue weighted by atomic mass is 10.4. The topological polar surface area (TPSA) is 66.3 Å². The maximum absolute atomic E-state index is 10.3. The highest BCUT2D eigenvalue weighted by molar-refractivity contribution is 7.10. The van der Waals surface area contributed by atoms with Gasteiger partial charge in [0, 0.05) is 18.1 Å². The van der Waals surface area contributed by atoms with Gasteiger partial charge in [0.2, 0.25) is 0 Å². The van der Waals surface area contributed by atoms with Crippen LogP contribution in [0.4, 0.5) is 0 Å². The van der Waals surface area contributed by atoms with Gasteiger partial charge in [0.25, 0.3) is 0 Å². The number of nitrogens with zero attached hydrogens (tertiary/aromatic N) is 3. The van der Waals surface area contributed by atoms with Crippen molar-refractivity contribution in [2.75, 3.05) is 13.6 Å². The maximum Gasteiger partial charge on any atom is 0.317 e. The second-order valence-electron chi connectivity index (χ2n) is 2.56. The minimum atomic E-state index is -0.873. The first kappa shape index (κ1) is 10.4. The highest BCUT2D eigenvalue weighted by Gasteiger charge is 2.10. The quantitative estimate of drug-likeness (QED) is 0.811. The molecule has 0 spiro atoms. The molecular formula is C6H8ClN3O2S. The number of likely N-dealkylation sites (N-methyl/N-ethyl adjacent to an activating group) is 1. The smallest absolute Gasteiger partial charge is 0.317 e. The van der Waals surface area contributed by atoms with E-state index in [1.165, 1.54) is 0 Å². The lowest BCUT2D eigenvalue weighted by molar-refractivity contribution is -0.138. The Balaban J connectivity index is 2.49. The van der Waals surface area contributed by atoms with E-state index in [9.17, 15) is 4.79 Å². The Bertz CT molecular complexity index is 304. The Morgan fingerprint density at radius 3 is 2.92 bits per heavy atom. The van der Waals surface area contributed by atoms with E-state index in [2.05, 4.69) is 9.59 Å². The molecule has 0 aliphatic carbocycles. The van der Waals surface area contributed by atoms with Gasteiger partial charge in [-0.15, -0.1) is 5.10 Å². The van der Waals surface area contributed by atoms with Crippen LogP contribution in [0, 0.1) is 0 Å². The zero-order valence-corrected chi connectivity index (χ0v) is 8.47. The van der Waals surface area contributed by atoms with Gasteiger partial charge in [-0.05, 0) is 7.05 Å². The summed E-state index contributed by atoms with van der Waals surface area (Å²) in [5.74, 6) is -0.873. The van der Waals surface area contributed by atoms with Gasteiger partial charge in [-0.1, -0.05) is 16.1 Å². The number of rotatable bonds is 4. The van der Waals surface area contributed by atoms with Gasteiger partial charge in [-0.25, -0.2) is 0 Å². The number of hydrogen-bond acceptors (Lipinski definition) is 5. The zero-order valence-electron chi connectivity index (χ0n) is 6.90. The minimum absolute atomic E-state index is 0.0339. The van der Waals surface area contributed by atoms with Gasteiger partial charge in [-0.2, -0.15) is 0 Å². The summed E-state index contributed by atoms with van der Waals surface area (Å²) in [5.41, 5.74) is 0.621. The Morgan fingerprint density at radius 1 is 1.77 bits per heavy atom. The normalized spacial score (nSPS) is 10.7. The Labute approximate surface area is 84.1 Å². The summed E-state index contributed by atoms with van der Waals surface area (Å²) in [6.45, 7) is 0.371. The lowest BCUT2D eigenvalue weighted by Crippen LogP contribution is -2.25. The lowest BCUT2D eigenvalue weighted by Gasteiger charge is -2.11. The molecule has 0 aliphatic heterocycles. The van der Waals surface area contributed by atoms with Gasteiger partial charge in [-0.3, -0.25) is 9.69 Å². The summed E-state index contributed by atoms with van der Waals surface area (Å²) >= 11 is 6.84. The molecule has 0 fully saturated rings. The number of aliphatic carboxylic acids is 1. The van der Waals surface area contributed by atoms with Crippen LogP contribution >= 0.6 is 23.1 Å². The molecule has 0 radical (unpaired) electrons. The monoisotopic (exact) mass is 221 g/mol. The standard InChI is InChI=1S/C6H8ClN3O2S/c1-10(3-5(11)12)2-4-6(7)13-9-8-4/h2-3H2,1H3,(H,11,12). The molecule has 72 valence electrons. The van der Waals surface area contributed by atoms with E-state index in [1.807, 2.05) is 0 Å². The van der Waals surface area contributed by atoms with Crippen LogP contribution < -0.4 is 0 Å². The van der Waals surface area contributed by atoms with E-state index in [4.69, 9.17) is 16.7 Å². The van der Waals surface area contributed by atoms with E-state index in [0.717, 1.165) is 11.5 Å². The molecule has 0 saturated heterocycles. The third-order valence-corrected chi connectivity index (χ3v) is 2.32. The van der Waals surface area contributed by atoms with Crippen LogP contribution in [0.3, 0.4) is 0 Å². The van der Waals surface area contributed by atoms with E-state index < -0.39 is 5.97 Å². The average Bonchev–Trinajstić information content (AvgIpc) is 2.34. The molecule has 0 atom stereocenters. The minimum Gasteiger partial charge on any atom is -0.480 e. The van der Waals surface area contributed by atoms with Crippen molar-refractivity contribution < 1.29 is 9.90 Å². The summed E-state index contributed by atoms with van der Waals surface area (Å²) < 4.78 is 4.15. The van der Waals surface area contributed by atoms with Crippen molar-refractivity contribution in [3.8, 4) is 0 Å². The van der Waals surface area contributed by atoms with Gasteiger partial charge in [0.15, 0.2) is 0 Å². The van der Waals surface area contributed by atoms with Crippen molar-refractivity contribution in [1.29, 1.82) is 0 Å². The number of carboxylic acid groups (broad SMARTS) is 1. The van der Waals surface area contributed by atoms with Crippen LogP contribution in [0.15, 0.2) is 0 Å². The fourth-order valence-electron chi connectivity index (χ4n) is 0.834. The molecule has 0 unspecified atom stereocenters. The van der Waals surface area contributed by atoms with Crippen LogP contribution in [-0.4, -0.2) is 39.2 Å². The van der Waals surface area contributed by atoms with Gasteiger partial charge in [0.05, 0.1) is 6.54 Å². The first-order chi connectivity index (χ1) is 6.09. The molecule has 5 nitrogen and oxygen atoms in total. The maximum atomic E-state index is 10.3. The van der Waals surface area contributed by atoms with Crippen LogP contribution in [0.5, 0.6) is 0 Å². The van der Waals surface area contributed by atoms with Crippen molar-refractivity contribution in [2.24, 2.45) is 0 Å². The van der Waals surface area contributed by atoms with Crippen LogP contribution in [0.25, 0.3) is 0 Å². The molecule has 1 heterocycles. The fraction of sp³-hybridized carbons (Fsp3) is 0.500. The highest BCUT2D eigenvalue weighted by Crippen LogP contribution is 2.17. The Kier molecular flexibility index (Phi) is 3.58. The second-order valence-corrected chi connectivity index (χ2v) is 3.92. The Hall–Kier alpha value is -0.720. The van der Waals surface area contributed by atoms with E-state index in [0.29, 0.717) is 16.6 Å². The summed E-state index contributed by atoms with van der Waals surface area (Å²) in [5, 5.41) is 12.2. The summed E-state index contributed by atoms with van der Waals surface area (Å²) in [4.78, 5) is 11.9. The summed E-state index contributed by atoms with van der Waals surface area (Å²) in [6, 6.07) is 0. The van der Waals surface area contributed by atoms with Crippen molar-refractivity contribution in [3.05, 3.63) is 10.0 Å². The molecule has 0 aromatic carbocycles. The highest BCUT2D eigenvalue weighted by atomic mass is 35.5. The van der Waals surface area contributed by atoms with Crippen LogP contribution in [0.1, 0.15) is 5.69 Å². The number of hydrogen-bond donors (Lipinski definition) is 1. The fourth-order valence-corrected chi connectivity index (χ4v) is 1.45. The molecule has 0 aliphatic rings. The summed E-state index contributed by atoms with van der Waals surface area (Å²) in [7, 11) is 1.68. The third kappa shape index (κ3) is 3.25. The predicted octanol–water partition coefficient (Wildman–Crippen LogP) is 0.708. The van der Waals surface area contributed by atoms with E-state index >= 15 is 0 Å². The van der Waals surface area contributed by atoms with Gasteiger partial charge < -0.3 is 5.11 Å². The largest absolute Gasteiger partial charge is 0.480 e. The predicted molar refractivity (Wildman–Crippen MR) is 48.9 cm³/mol. The van der Waals surface area contributed by atoms with E-state index in [1.54, 1.807) is 11.9 Å². The molecule has 0 amide bonds. The molecule has 1 rings (SSSR count). The van der Waals surface area contributed by atoms with Crippen molar-refractivity contribution in [2.45, 2.75) is 6.54 Å². The molecule has 1 aromatic rings. The van der Waals surface area contributed by atoms with Gasteiger partial charge >= 0.3 is 5.97 Å². The van der Waals surface area contributed by atoms with Crippen molar-refractivity contribution >= 4 is 29.1 Å². The molecule has 0 bridgehead atoms.